The van der Waals surface area contributed by atoms with Crippen molar-refractivity contribution in [2.45, 2.75) is 25.6 Å². The number of nitrogens with zero attached hydrogens (tertiary/aromatic N) is 2. The van der Waals surface area contributed by atoms with Gasteiger partial charge in [0.05, 0.1) is 12.8 Å². The molecule has 0 radical (unpaired) electrons. The Morgan fingerprint density at radius 1 is 0.771 bits per heavy atom. The minimum absolute atomic E-state index is 0.0634. The zero-order valence-corrected chi connectivity index (χ0v) is 20.8. The van der Waals surface area contributed by atoms with Gasteiger partial charge in [-0.05, 0) is 16.7 Å². The summed E-state index contributed by atoms with van der Waals surface area (Å²) in [5, 5.41) is 2.67. The molecule has 2 amide bonds. The fourth-order valence-corrected chi connectivity index (χ4v) is 4.55. The van der Waals surface area contributed by atoms with Crippen molar-refractivity contribution in [1.82, 2.24) is 14.5 Å². The first kappa shape index (κ1) is 26.1. The van der Waals surface area contributed by atoms with Crippen molar-refractivity contribution >= 4 is 21.8 Å². The maximum absolute atomic E-state index is 13.7. The topological polar surface area (TPSA) is 86.8 Å². The maximum atomic E-state index is 13.7. The molecule has 35 heavy (non-hydrogen) atoms. The molecule has 3 rings (SSSR count). The van der Waals surface area contributed by atoms with E-state index in [1.54, 1.807) is 0 Å². The molecule has 0 fully saturated rings. The van der Waals surface area contributed by atoms with E-state index < -0.39 is 22.0 Å². The number of carbonyl (C=O) groups excluding carboxylic acids is 2. The largest absolute Gasteiger partial charge is 0.357 e. The first-order chi connectivity index (χ1) is 16.8. The minimum atomic E-state index is -3.69. The molecule has 0 saturated heterocycles. The average molecular weight is 494 g/mol. The third-order valence-electron chi connectivity index (χ3n) is 5.70. The molecule has 7 nitrogen and oxygen atoms in total. The van der Waals surface area contributed by atoms with E-state index in [1.165, 1.54) is 11.9 Å². The van der Waals surface area contributed by atoms with Crippen LogP contribution in [0.2, 0.25) is 0 Å². The third-order valence-corrected chi connectivity index (χ3v) is 6.89. The van der Waals surface area contributed by atoms with E-state index in [0.717, 1.165) is 27.3 Å². The van der Waals surface area contributed by atoms with Gasteiger partial charge < -0.3 is 10.2 Å². The lowest BCUT2D eigenvalue weighted by Gasteiger charge is -2.32. The summed E-state index contributed by atoms with van der Waals surface area (Å²) in [6.07, 6.45) is 1.39. The molecule has 0 unspecified atom stereocenters. The van der Waals surface area contributed by atoms with Gasteiger partial charge in [0.2, 0.25) is 21.8 Å². The number of benzene rings is 3. The fourth-order valence-electron chi connectivity index (χ4n) is 3.82. The van der Waals surface area contributed by atoms with Crippen LogP contribution >= 0.6 is 0 Å². The van der Waals surface area contributed by atoms with Gasteiger partial charge in [0, 0.05) is 26.6 Å². The van der Waals surface area contributed by atoms with Crippen LogP contribution in [0.4, 0.5) is 0 Å². The Bertz CT molecular complexity index is 1200. The van der Waals surface area contributed by atoms with E-state index in [9.17, 15) is 18.0 Å². The lowest BCUT2D eigenvalue weighted by atomic mass is 10.0. The number of carbonyl (C=O) groups is 2. The van der Waals surface area contributed by atoms with Crippen LogP contribution in [-0.4, -0.2) is 55.3 Å². The molecular weight excluding hydrogens is 462 g/mol. The summed E-state index contributed by atoms with van der Waals surface area (Å²) in [6, 6.07) is 27.1. The van der Waals surface area contributed by atoms with Crippen molar-refractivity contribution in [2.24, 2.45) is 0 Å². The number of rotatable bonds is 11. The third kappa shape index (κ3) is 7.77. The molecule has 0 aliphatic heterocycles. The predicted octanol–water partition coefficient (Wildman–Crippen LogP) is 2.83. The van der Waals surface area contributed by atoms with Crippen molar-refractivity contribution in [2.75, 3.05) is 19.8 Å². The molecule has 0 heterocycles. The summed E-state index contributed by atoms with van der Waals surface area (Å²) < 4.78 is 26.3. The van der Waals surface area contributed by atoms with Crippen LogP contribution in [0.15, 0.2) is 91.0 Å². The van der Waals surface area contributed by atoms with Crippen LogP contribution in [0.1, 0.15) is 16.7 Å². The highest BCUT2D eigenvalue weighted by Gasteiger charge is 2.32. The first-order valence-electron chi connectivity index (χ1n) is 11.4. The Labute approximate surface area is 207 Å². The number of nitrogens with one attached hydrogen (secondary N) is 1. The van der Waals surface area contributed by atoms with Gasteiger partial charge in [0.25, 0.3) is 0 Å². The molecule has 3 aromatic rings. The number of sulfonamides is 1. The van der Waals surface area contributed by atoms with E-state index in [0.29, 0.717) is 6.42 Å². The SMILES string of the molecule is CNC(=O)[C@@H](Cc1ccccc1)N(Cc1ccccc1)C(=O)CN(Cc1ccccc1)S(C)(=O)=O. The number of likely N-dealkylation sites (N-methyl/N-ethyl adjacent to an activating group) is 1. The van der Waals surface area contributed by atoms with Crippen molar-refractivity contribution < 1.29 is 18.0 Å². The molecular formula is C27H31N3O4S. The Balaban J connectivity index is 1.94. The van der Waals surface area contributed by atoms with Gasteiger partial charge in [0.1, 0.15) is 6.04 Å². The zero-order chi connectivity index (χ0) is 25.3. The van der Waals surface area contributed by atoms with Gasteiger partial charge in [-0.15, -0.1) is 0 Å². The molecule has 0 aliphatic rings. The van der Waals surface area contributed by atoms with Gasteiger partial charge >= 0.3 is 0 Å². The van der Waals surface area contributed by atoms with Gasteiger partial charge in [-0.2, -0.15) is 4.31 Å². The molecule has 3 aromatic carbocycles. The van der Waals surface area contributed by atoms with Gasteiger partial charge in [-0.1, -0.05) is 91.0 Å². The van der Waals surface area contributed by atoms with Crippen molar-refractivity contribution in [3.05, 3.63) is 108 Å². The van der Waals surface area contributed by atoms with Crippen molar-refractivity contribution in [3.63, 3.8) is 0 Å². The van der Waals surface area contributed by atoms with Crippen LogP contribution < -0.4 is 5.32 Å². The zero-order valence-electron chi connectivity index (χ0n) is 20.0. The molecule has 0 bridgehead atoms. The second-order valence-electron chi connectivity index (χ2n) is 8.34. The Morgan fingerprint density at radius 2 is 1.23 bits per heavy atom. The fraction of sp³-hybridized carbons (Fsp3) is 0.259. The van der Waals surface area contributed by atoms with Crippen molar-refractivity contribution in [1.29, 1.82) is 0 Å². The van der Waals surface area contributed by atoms with Crippen molar-refractivity contribution in [3.8, 4) is 0 Å². The summed E-state index contributed by atoms with van der Waals surface area (Å²) in [5.41, 5.74) is 2.51. The second-order valence-corrected chi connectivity index (χ2v) is 10.3. The van der Waals surface area contributed by atoms with E-state index in [1.807, 2.05) is 91.0 Å². The molecule has 0 aromatic heterocycles. The highest BCUT2D eigenvalue weighted by atomic mass is 32.2. The summed E-state index contributed by atoms with van der Waals surface area (Å²) in [4.78, 5) is 28.2. The molecule has 184 valence electrons. The Morgan fingerprint density at radius 3 is 1.69 bits per heavy atom. The van der Waals surface area contributed by atoms with Gasteiger partial charge in [-0.25, -0.2) is 8.42 Å². The molecule has 1 atom stereocenters. The molecule has 8 heteroatoms. The molecule has 0 saturated carbocycles. The highest BCUT2D eigenvalue weighted by Crippen LogP contribution is 2.17. The molecule has 1 N–H and O–H groups in total. The predicted molar refractivity (Wildman–Crippen MR) is 137 cm³/mol. The summed E-state index contributed by atoms with van der Waals surface area (Å²) in [6.45, 7) is -0.135. The van der Waals surface area contributed by atoms with Gasteiger partial charge in [-0.3, -0.25) is 9.59 Å². The smallest absolute Gasteiger partial charge is 0.242 e. The number of amides is 2. The monoisotopic (exact) mass is 493 g/mol. The van der Waals surface area contributed by atoms with Crippen LogP contribution in [0.5, 0.6) is 0 Å². The molecule has 0 aliphatic carbocycles. The van der Waals surface area contributed by atoms with Gasteiger partial charge in [0.15, 0.2) is 0 Å². The first-order valence-corrected chi connectivity index (χ1v) is 13.2. The van der Waals surface area contributed by atoms with Crippen LogP contribution in [-0.2, 0) is 39.1 Å². The normalized spacial score (nSPS) is 12.2. The van der Waals surface area contributed by atoms with E-state index >= 15 is 0 Å². The van der Waals surface area contributed by atoms with E-state index in [2.05, 4.69) is 5.32 Å². The van der Waals surface area contributed by atoms with Crippen LogP contribution in [0, 0.1) is 0 Å². The Hall–Kier alpha value is -3.49. The lowest BCUT2D eigenvalue weighted by Crippen LogP contribution is -2.52. The number of hydrogen-bond donors (Lipinski definition) is 1. The van der Waals surface area contributed by atoms with Crippen LogP contribution in [0.25, 0.3) is 0 Å². The highest BCUT2D eigenvalue weighted by molar-refractivity contribution is 7.88. The lowest BCUT2D eigenvalue weighted by molar-refractivity contribution is -0.141. The average Bonchev–Trinajstić information content (AvgIpc) is 2.86. The maximum Gasteiger partial charge on any atom is 0.242 e. The summed E-state index contributed by atoms with van der Waals surface area (Å²) in [5.74, 6) is -0.758. The molecule has 0 spiro atoms. The van der Waals surface area contributed by atoms with E-state index in [-0.39, 0.29) is 25.5 Å². The minimum Gasteiger partial charge on any atom is -0.357 e. The quantitative estimate of drug-likeness (QED) is 0.445. The van der Waals surface area contributed by atoms with Crippen LogP contribution in [0.3, 0.4) is 0 Å². The standard InChI is InChI=1S/C27H31N3O4S/c1-28-27(32)25(18-22-12-6-3-7-13-22)30(20-24-16-10-5-11-17-24)26(31)21-29(35(2,33)34)19-23-14-8-4-9-15-23/h3-17,25H,18-21H2,1-2H3,(H,28,32)/t25-/m1/s1. The summed E-state index contributed by atoms with van der Waals surface area (Å²) in [7, 11) is -2.16. The second kappa shape index (κ2) is 12.3. The summed E-state index contributed by atoms with van der Waals surface area (Å²) >= 11 is 0. The Kier molecular flexibility index (Phi) is 9.17. The number of hydrogen-bond acceptors (Lipinski definition) is 4. The van der Waals surface area contributed by atoms with E-state index in [4.69, 9.17) is 0 Å².